The van der Waals surface area contributed by atoms with E-state index in [0.29, 0.717) is 26.4 Å². The first-order valence-electron chi connectivity index (χ1n) is 8.66. The predicted molar refractivity (Wildman–Crippen MR) is 92.8 cm³/mol. The molecule has 0 aromatic heterocycles. The van der Waals surface area contributed by atoms with Crippen molar-refractivity contribution in [1.82, 2.24) is 0 Å². The highest BCUT2D eigenvalue weighted by molar-refractivity contribution is 8.77. The third-order valence-electron chi connectivity index (χ3n) is 4.86. The van der Waals surface area contributed by atoms with Gasteiger partial charge < -0.3 is 28.4 Å². The van der Waals surface area contributed by atoms with E-state index in [0.717, 1.165) is 0 Å². The second-order valence-corrected chi connectivity index (χ2v) is 9.51. The molecule has 0 amide bonds. The number of carbonyl (C=O) groups is 2. The van der Waals surface area contributed by atoms with Gasteiger partial charge in [0.15, 0.2) is 12.2 Å². The maximum atomic E-state index is 11.2. The molecule has 0 bridgehead atoms. The fraction of sp³-hybridized carbons (Fsp3) is 0.875. The van der Waals surface area contributed by atoms with Crippen LogP contribution < -0.4 is 0 Å². The molecule has 4 fully saturated rings. The average Bonchev–Trinajstić information content (AvgIpc) is 3.30. The third kappa shape index (κ3) is 3.72. The Morgan fingerprint density at radius 2 is 1.08 bits per heavy atom. The van der Waals surface area contributed by atoms with Gasteiger partial charge in [-0.3, -0.25) is 9.59 Å². The highest BCUT2D eigenvalue weighted by Crippen LogP contribution is 2.45. The Bertz CT molecular complexity index is 512. The molecule has 0 radical (unpaired) electrons. The number of carbonyl (C=O) groups excluding carboxylic acids is 2. The second kappa shape index (κ2) is 7.84. The molecular weight excluding hydrogens is 384 g/mol. The Hall–Kier alpha value is -0.520. The smallest absolute Gasteiger partial charge is 0.303 e. The van der Waals surface area contributed by atoms with Crippen molar-refractivity contribution in [3.8, 4) is 0 Å². The molecule has 8 atom stereocenters. The number of hydrogen-bond donors (Lipinski definition) is 0. The van der Waals surface area contributed by atoms with Gasteiger partial charge in [-0.15, -0.1) is 0 Å². The number of rotatable bonds is 5. The molecular formula is C16H22O8S2. The number of esters is 2. The maximum Gasteiger partial charge on any atom is 0.303 e. The van der Waals surface area contributed by atoms with Crippen LogP contribution in [0.15, 0.2) is 0 Å². The van der Waals surface area contributed by atoms with Crippen LogP contribution in [0.25, 0.3) is 0 Å². The molecule has 8 nitrogen and oxygen atoms in total. The Morgan fingerprint density at radius 1 is 0.692 bits per heavy atom. The molecule has 4 aliphatic rings. The van der Waals surface area contributed by atoms with Gasteiger partial charge in [-0.25, -0.2) is 0 Å². The van der Waals surface area contributed by atoms with E-state index in [9.17, 15) is 9.59 Å². The van der Waals surface area contributed by atoms with Crippen LogP contribution in [0.2, 0.25) is 0 Å². The molecule has 26 heavy (non-hydrogen) atoms. The number of fused-ring (bicyclic) bond motifs is 2. The van der Waals surface area contributed by atoms with Gasteiger partial charge in [0.05, 0.1) is 36.9 Å². The zero-order chi connectivity index (χ0) is 18.3. The van der Waals surface area contributed by atoms with Crippen LogP contribution in [0, 0.1) is 0 Å². The van der Waals surface area contributed by atoms with E-state index >= 15 is 0 Å². The standard InChI is InChI=1S/C16H22O8S2/c1-7(17)23-9-3-19-15-11(5-21-13(9)15)25-26-12-6-22-14-10(24-8(2)18)4-20-16(12)14/h9-16H,3-6H2,1-2H3/t9-,10-,11+,12+,13-,14-,15-,16-/m1/s1. The van der Waals surface area contributed by atoms with Crippen molar-refractivity contribution in [3.05, 3.63) is 0 Å². The lowest BCUT2D eigenvalue weighted by atomic mass is 10.1. The number of hydrogen-bond acceptors (Lipinski definition) is 10. The van der Waals surface area contributed by atoms with Crippen LogP contribution in [0.3, 0.4) is 0 Å². The summed E-state index contributed by atoms with van der Waals surface area (Å²) in [5, 5.41) is 0.325. The van der Waals surface area contributed by atoms with Crippen molar-refractivity contribution in [2.24, 2.45) is 0 Å². The van der Waals surface area contributed by atoms with Crippen LogP contribution in [0.5, 0.6) is 0 Å². The minimum atomic E-state index is -0.324. The summed E-state index contributed by atoms with van der Waals surface area (Å²) in [6, 6.07) is 0. The normalized spacial score (nSPS) is 43.9. The molecule has 0 N–H and O–H groups in total. The summed E-state index contributed by atoms with van der Waals surface area (Å²) in [6.45, 7) is 4.66. The summed E-state index contributed by atoms with van der Waals surface area (Å²) in [7, 11) is 3.40. The van der Waals surface area contributed by atoms with Crippen LogP contribution in [0.4, 0.5) is 0 Å². The van der Waals surface area contributed by atoms with E-state index in [-0.39, 0.29) is 59.1 Å². The monoisotopic (exact) mass is 406 g/mol. The first-order chi connectivity index (χ1) is 12.5. The van der Waals surface area contributed by atoms with E-state index in [2.05, 4.69) is 0 Å². The molecule has 4 saturated heterocycles. The van der Waals surface area contributed by atoms with Crippen molar-refractivity contribution < 1.29 is 38.0 Å². The SMILES string of the molecule is CC(=O)O[C@@H]1CO[C@H]2[C@@H]1OC[C@@H]2SS[C@H]1CO[C@H]2[C@@H]1OC[C@H]2OC(C)=O. The van der Waals surface area contributed by atoms with Gasteiger partial charge in [-0.05, 0) is 0 Å². The summed E-state index contributed by atoms with van der Waals surface area (Å²) in [6.07, 6.45) is -1.19. The van der Waals surface area contributed by atoms with Gasteiger partial charge >= 0.3 is 11.9 Å². The third-order valence-corrected chi connectivity index (χ3v) is 8.09. The lowest BCUT2D eigenvalue weighted by Gasteiger charge is -2.19. The van der Waals surface area contributed by atoms with Crippen molar-refractivity contribution in [3.63, 3.8) is 0 Å². The lowest BCUT2D eigenvalue weighted by Crippen LogP contribution is -2.33. The molecule has 0 aromatic rings. The Balaban J connectivity index is 1.27. The Labute approximate surface area is 159 Å². The minimum Gasteiger partial charge on any atom is -0.457 e. The summed E-state index contributed by atoms with van der Waals surface area (Å²) in [4.78, 5) is 22.3. The van der Waals surface area contributed by atoms with E-state index in [1.807, 2.05) is 0 Å². The van der Waals surface area contributed by atoms with Crippen LogP contribution in [0.1, 0.15) is 13.8 Å². The quantitative estimate of drug-likeness (QED) is 0.477. The van der Waals surface area contributed by atoms with Gasteiger partial charge in [0, 0.05) is 13.8 Å². The van der Waals surface area contributed by atoms with E-state index < -0.39 is 0 Å². The molecule has 0 aromatic carbocycles. The topological polar surface area (TPSA) is 89.5 Å². The Morgan fingerprint density at radius 3 is 1.46 bits per heavy atom. The highest BCUT2D eigenvalue weighted by Gasteiger charge is 2.52. The summed E-state index contributed by atoms with van der Waals surface area (Å²) in [5.74, 6) is -0.633. The molecule has 0 saturated carbocycles. The van der Waals surface area contributed by atoms with Crippen LogP contribution in [-0.4, -0.2) is 85.5 Å². The fourth-order valence-electron chi connectivity index (χ4n) is 3.79. The van der Waals surface area contributed by atoms with Crippen LogP contribution in [-0.2, 0) is 38.0 Å². The number of ether oxygens (including phenoxy) is 6. The van der Waals surface area contributed by atoms with Gasteiger partial charge in [0.2, 0.25) is 0 Å². The zero-order valence-electron chi connectivity index (χ0n) is 14.5. The minimum absolute atomic E-state index is 0.0757. The second-order valence-electron chi connectivity index (χ2n) is 6.76. The fourth-order valence-corrected chi connectivity index (χ4v) is 6.88. The summed E-state index contributed by atoms with van der Waals surface area (Å²) in [5.41, 5.74) is 0. The van der Waals surface area contributed by atoms with Gasteiger partial charge in [-0.1, -0.05) is 21.6 Å². The van der Waals surface area contributed by atoms with Gasteiger partial charge in [0.1, 0.15) is 24.4 Å². The first-order valence-corrected chi connectivity index (χ1v) is 10.9. The maximum absolute atomic E-state index is 11.2. The molecule has 10 heteroatoms. The Kier molecular flexibility index (Phi) is 5.68. The van der Waals surface area contributed by atoms with Crippen molar-refractivity contribution in [2.75, 3.05) is 26.4 Å². The van der Waals surface area contributed by atoms with Gasteiger partial charge in [0.25, 0.3) is 0 Å². The van der Waals surface area contributed by atoms with E-state index in [4.69, 9.17) is 28.4 Å². The molecule has 0 unspecified atom stereocenters. The van der Waals surface area contributed by atoms with Crippen molar-refractivity contribution in [2.45, 2.75) is 61.0 Å². The van der Waals surface area contributed by atoms with Crippen molar-refractivity contribution in [1.29, 1.82) is 0 Å². The van der Waals surface area contributed by atoms with Gasteiger partial charge in [-0.2, -0.15) is 0 Å². The molecule has 146 valence electrons. The van der Waals surface area contributed by atoms with Crippen molar-refractivity contribution >= 4 is 33.5 Å². The average molecular weight is 406 g/mol. The lowest BCUT2D eigenvalue weighted by molar-refractivity contribution is -0.151. The summed E-state index contributed by atoms with van der Waals surface area (Å²) < 4.78 is 33.8. The van der Waals surface area contributed by atoms with E-state index in [1.54, 1.807) is 21.6 Å². The molecule has 0 aliphatic carbocycles. The van der Waals surface area contributed by atoms with E-state index in [1.165, 1.54) is 13.8 Å². The molecule has 0 spiro atoms. The molecule has 4 aliphatic heterocycles. The predicted octanol–water partition coefficient (Wildman–Crippen LogP) is 0.564. The molecule has 4 rings (SSSR count). The highest BCUT2D eigenvalue weighted by atomic mass is 33.1. The summed E-state index contributed by atoms with van der Waals surface area (Å²) >= 11 is 0. The molecule has 4 heterocycles. The first kappa shape index (κ1) is 18.8. The van der Waals surface area contributed by atoms with Crippen LogP contribution >= 0.6 is 21.6 Å². The zero-order valence-corrected chi connectivity index (χ0v) is 16.2. The largest absolute Gasteiger partial charge is 0.457 e.